The molecule has 0 radical (unpaired) electrons. The van der Waals surface area contributed by atoms with Crippen molar-refractivity contribution in [1.29, 1.82) is 0 Å². The van der Waals surface area contributed by atoms with Gasteiger partial charge in [0, 0.05) is 12.0 Å². The van der Waals surface area contributed by atoms with E-state index in [4.69, 9.17) is 9.73 Å². The van der Waals surface area contributed by atoms with Crippen LogP contribution in [0.15, 0.2) is 89.9 Å². The minimum atomic E-state index is 0.0218. The van der Waals surface area contributed by atoms with E-state index in [-0.39, 0.29) is 6.04 Å². The molecule has 1 unspecified atom stereocenters. The van der Waals surface area contributed by atoms with Crippen molar-refractivity contribution in [3.05, 3.63) is 96.1 Å². The van der Waals surface area contributed by atoms with Gasteiger partial charge in [-0.25, -0.2) is 9.67 Å². The first-order valence-electron chi connectivity index (χ1n) is 9.61. The Labute approximate surface area is 169 Å². The van der Waals surface area contributed by atoms with E-state index in [1.54, 1.807) is 7.11 Å². The lowest BCUT2D eigenvalue weighted by Gasteiger charge is -2.24. The molecule has 4 aromatic rings. The summed E-state index contributed by atoms with van der Waals surface area (Å²) in [5.41, 5.74) is 5.13. The van der Waals surface area contributed by atoms with Crippen LogP contribution in [-0.4, -0.2) is 27.8 Å². The largest absolute Gasteiger partial charge is 0.497 e. The van der Waals surface area contributed by atoms with Crippen LogP contribution in [0.5, 0.6) is 5.75 Å². The zero-order valence-corrected chi connectivity index (χ0v) is 16.1. The Morgan fingerprint density at radius 3 is 2.14 bits per heavy atom. The first-order chi connectivity index (χ1) is 14.3. The van der Waals surface area contributed by atoms with Gasteiger partial charge in [-0.15, -0.1) is 5.10 Å². The Balaban J connectivity index is 1.65. The highest BCUT2D eigenvalue weighted by Gasteiger charge is 2.29. The second kappa shape index (κ2) is 7.36. The summed E-state index contributed by atoms with van der Waals surface area (Å²) < 4.78 is 7.26. The van der Waals surface area contributed by atoms with Crippen LogP contribution in [0.3, 0.4) is 0 Å². The smallest absolute Gasteiger partial charge is 0.179 e. The lowest BCUT2D eigenvalue weighted by atomic mass is 9.95. The third kappa shape index (κ3) is 3.21. The molecule has 0 spiro atoms. The number of methoxy groups -OCH3 is 1. The molecule has 29 heavy (non-hydrogen) atoms. The number of rotatable bonds is 4. The third-order valence-corrected chi connectivity index (χ3v) is 5.25. The third-order valence-electron chi connectivity index (χ3n) is 5.25. The van der Waals surface area contributed by atoms with Crippen LogP contribution in [0.4, 0.5) is 5.82 Å². The van der Waals surface area contributed by atoms with E-state index in [0.29, 0.717) is 0 Å². The monoisotopic (exact) mass is 380 g/mol. The molecule has 142 valence electrons. The SMILES string of the molecule is COc1ccc(C2CC(c3ccccc3)=Nc3c(-c4ccccc4)nnn32)cc1. The molecule has 1 aliphatic heterocycles. The van der Waals surface area contributed by atoms with E-state index in [1.165, 1.54) is 0 Å². The molecule has 5 nitrogen and oxygen atoms in total. The van der Waals surface area contributed by atoms with Crippen molar-refractivity contribution in [2.24, 2.45) is 4.99 Å². The Bertz CT molecular complexity index is 1150. The standard InChI is InChI=1S/C24H20N4O/c1-29-20-14-12-18(13-15-20)22-16-21(17-8-4-2-5-9-17)25-24-23(26-27-28(22)24)19-10-6-3-7-11-19/h2-15,22H,16H2,1H3. The lowest BCUT2D eigenvalue weighted by molar-refractivity contribution is 0.414. The van der Waals surface area contributed by atoms with Crippen LogP contribution in [0, 0.1) is 0 Å². The topological polar surface area (TPSA) is 52.3 Å². The number of fused-ring (bicyclic) bond motifs is 1. The number of aromatic nitrogens is 3. The van der Waals surface area contributed by atoms with Crippen LogP contribution in [0.1, 0.15) is 23.6 Å². The van der Waals surface area contributed by atoms with Gasteiger partial charge in [-0.3, -0.25) is 0 Å². The van der Waals surface area contributed by atoms with E-state index in [1.807, 2.05) is 65.3 Å². The van der Waals surface area contributed by atoms with Gasteiger partial charge in [-0.1, -0.05) is 78.0 Å². The van der Waals surface area contributed by atoms with Crippen molar-refractivity contribution >= 4 is 11.5 Å². The number of benzene rings is 3. The van der Waals surface area contributed by atoms with Crippen LogP contribution >= 0.6 is 0 Å². The van der Waals surface area contributed by atoms with Crippen molar-refractivity contribution in [2.75, 3.05) is 7.11 Å². The van der Waals surface area contributed by atoms with Gasteiger partial charge in [0.25, 0.3) is 0 Å². The molecule has 2 heterocycles. The van der Waals surface area contributed by atoms with Gasteiger partial charge in [0.15, 0.2) is 5.82 Å². The van der Waals surface area contributed by atoms with Gasteiger partial charge >= 0.3 is 0 Å². The molecule has 1 aliphatic rings. The zero-order chi connectivity index (χ0) is 19.6. The predicted molar refractivity (Wildman–Crippen MR) is 114 cm³/mol. The van der Waals surface area contributed by atoms with Gasteiger partial charge in [-0.05, 0) is 23.3 Å². The highest BCUT2D eigenvalue weighted by Crippen LogP contribution is 2.38. The highest BCUT2D eigenvalue weighted by atomic mass is 16.5. The Kier molecular flexibility index (Phi) is 4.41. The first kappa shape index (κ1) is 17.4. The fourth-order valence-electron chi connectivity index (χ4n) is 3.73. The quantitative estimate of drug-likeness (QED) is 0.497. The molecule has 0 saturated carbocycles. The van der Waals surface area contributed by atoms with Crippen molar-refractivity contribution in [3.8, 4) is 17.0 Å². The predicted octanol–water partition coefficient (Wildman–Crippen LogP) is 5.07. The van der Waals surface area contributed by atoms with E-state index in [2.05, 4.69) is 34.6 Å². The van der Waals surface area contributed by atoms with Crippen molar-refractivity contribution in [1.82, 2.24) is 15.0 Å². The first-order valence-corrected chi connectivity index (χ1v) is 9.61. The maximum Gasteiger partial charge on any atom is 0.179 e. The molecular weight excluding hydrogens is 360 g/mol. The lowest BCUT2D eigenvalue weighted by Crippen LogP contribution is -2.21. The molecule has 5 heteroatoms. The van der Waals surface area contributed by atoms with E-state index < -0.39 is 0 Å². The van der Waals surface area contributed by atoms with Crippen LogP contribution < -0.4 is 4.74 Å². The molecule has 3 aromatic carbocycles. The van der Waals surface area contributed by atoms with E-state index in [0.717, 1.165) is 46.1 Å². The van der Waals surface area contributed by atoms with Gasteiger partial charge in [-0.2, -0.15) is 0 Å². The van der Waals surface area contributed by atoms with Crippen LogP contribution in [-0.2, 0) is 0 Å². The van der Waals surface area contributed by atoms with E-state index >= 15 is 0 Å². The molecule has 1 atom stereocenters. The molecule has 0 aliphatic carbocycles. The summed E-state index contributed by atoms with van der Waals surface area (Å²) in [5.74, 6) is 1.63. The number of ether oxygens (including phenoxy) is 1. The minimum Gasteiger partial charge on any atom is -0.497 e. The molecule has 5 rings (SSSR count). The summed E-state index contributed by atoms with van der Waals surface area (Å²) in [6.45, 7) is 0. The Hall–Kier alpha value is -3.73. The molecule has 0 fully saturated rings. The summed E-state index contributed by atoms with van der Waals surface area (Å²) >= 11 is 0. The van der Waals surface area contributed by atoms with Crippen molar-refractivity contribution < 1.29 is 4.74 Å². The second-order valence-electron chi connectivity index (χ2n) is 6.99. The summed E-state index contributed by atoms with van der Waals surface area (Å²) in [5, 5.41) is 8.98. The molecular formula is C24H20N4O. The molecule has 0 N–H and O–H groups in total. The molecule has 0 saturated heterocycles. The Morgan fingerprint density at radius 2 is 1.48 bits per heavy atom. The summed E-state index contributed by atoms with van der Waals surface area (Å²) in [6.07, 6.45) is 0.751. The number of hydrogen-bond donors (Lipinski definition) is 0. The summed E-state index contributed by atoms with van der Waals surface area (Å²) in [7, 11) is 1.68. The normalized spacial score (nSPS) is 15.5. The molecule has 0 amide bonds. The number of aliphatic imine (C=N–C) groups is 1. The van der Waals surface area contributed by atoms with Gasteiger partial charge in [0.2, 0.25) is 0 Å². The average molecular weight is 380 g/mol. The zero-order valence-electron chi connectivity index (χ0n) is 16.1. The fraction of sp³-hybridized carbons (Fsp3) is 0.125. The maximum atomic E-state index is 5.32. The molecule has 0 bridgehead atoms. The summed E-state index contributed by atoms with van der Waals surface area (Å²) in [4.78, 5) is 4.99. The minimum absolute atomic E-state index is 0.0218. The van der Waals surface area contributed by atoms with Gasteiger partial charge < -0.3 is 4.74 Å². The summed E-state index contributed by atoms with van der Waals surface area (Å²) in [6, 6.07) is 28.6. The fourth-order valence-corrected chi connectivity index (χ4v) is 3.73. The van der Waals surface area contributed by atoms with Crippen molar-refractivity contribution in [3.63, 3.8) is 0 Å². The van der Waals surface area contributed by atoms with Crippen molar-refractivity contribution in [2.45, 2.75) is 12.5 Å². The van der Waals surface area contributed by atoms with Crippen LogP contribution in [0.2, 0.25) is 0 Å². The highest BCUT2D eigenvalue weighted by molar-refractivity contribution is 6.03. The Morgan fingerprint density at radius 1 is 0.828 bits per heavy atom. The number of hydrogen-bond acceptors (Lipinski definition) is 4. The number of nitrogens with zero attached hydrogens (tertiary/aromatic N) is 4. The van der Waals surface area contributed by atoms with E-state index in [9.17, 15) is 0 Å². The van der Waals surface area contributed by atoms with Gasteiger partial charge in [0.1, 0.15) is 11.4 Å². The maximum absolute atomic E-state index is 5.32. The average Bonchev–Trinajstić information content (AvgIpc) is 3.24. The second-order valence-corrected chi connectivity index (χ2v) is 6.99. The van der Waals surface area contributed by atoms with Gasteiger partial charge in [0.05, 0.1) is 18.9 Å². The van der Waals surface area contributed by atoms with Crippen LogP contribution in [0.25, 0.3) is 11.3 Å². The molecule has 1 aromatic heterocycles.